The molecule has 2 N–H and O–H groups in total. The van der Waals surface area contributed by atoms with Crippen molar-refractivity contribution in [2.24, 2.45) is 0 Å². The fraction of sp³-hybridized carbons (Fsp3) is 0.407. The average Bonchev–Trinajstić information content (AvgIpc) is 3.55. The Morgan fingerprint density at radius 2 is 1.91 bits per heavy atom. The second-order valence-corrected chi connectivity index (χ2v) is 11.2. The summed E-state index contributed by atoms with van der Waals surface area (Å²) in [7, 11) is 0. The Balaban J connectivity index is 1.45. The van der Waals surface area contributed by atoms with Gasteiger partial charge in [-0.3, -0.25) is 4.79 Å². The SMILES string of the molecule is CC(C)(C)c1cccc(-n2c3nc(Nc4ccc5c(c4)CNC5(C)C)ncc3c(=O)n2C2CC2)n1. The van der Waals surface area contributed by atoms with Gasteiger partial charge in [-0.1, -0.05) is 32.9 Å². The van der Waals surface area contributed by atoms with Gasteiger partial charge in [0.05, 0.1) is 6.04 Å². The highest BCUT2D eigenvalue weighted by atomic mass is 16.1. The van der Waals surface area contributed by atoms with E-state index in [9.17, 15) is 4.79 Å². The molecular weight excluding hydrogens is 438 g/mol. The van der Waals surface area contributed by atoms with Gasteiger partial charge in [-0.25, -0.2) is 19.3 Å². The summed E-state index contributed by atoms with van der Waals surface area (Å²) in [6, 6.07) is 12.5. The molecule has 0 unspecified atom stereocenters. The summed E-state index contributed by atoms with van der Waals surface area (Å²) in [5.41, 5.74) is 4.83. The molecule has 35 heavy (non-hydrogen) atoms. The van der Waals surface area contributed by atoms with Crippen LogP contribution >= 0.6 is 0 Å². The van der Waals surface area contributed by atoms with E-state index in [0.29, 0.717) is 22.8 Å². The molecule has 3 aromatic heterocycles. The fourth-order valence-electron chi connectivity index (χ4n) is 4.86. The highest BCUT2D eigenvalue weighted by molar-refractivity contribution is 5.77. The molecule has 0 amide bonds. The zero-order valence-corrected chi connectivity index (χ0v) is 20.9. The van der Waals surface area contributed by atoms with Gasteiger partial charge in [0.15, 0.2) is 11.5 Å². The predicted molar refractivity (Wildman–Crippen MR) is 137 cm³/mol. The van der Waals surface area contributed by atoms with E-state index < -0.39 is 0 Å². The topological polar surface area (TPSA) is 89.7 Å². The predicted octanol–water partition coefficient (Wildman–Crippen LogP) is 4.69. The molecule has 0 saturated heterocycles. The Morgan fingerprint density at radius 1 is 1.11 bits per heavy atom. The molecule has 1 aromatic carbocycles. The lowest BCUT2D eigenvalue weighted by Gasteiger charge is -2.19. The van der Waals surface area contributed by atoms with E-state index in [2.05, 4.69) is 68.4 Å². The highest BCUT2D eigenvalue weighted by Gasteiger charge is 2.32. The van der Waals surface area contributed by atoms with Gasteiger partial charge in [0, 0.05) is 35.1 Å². The summed E-state index contributed by atoms with van der Waals surface area (Å²) in [4.78, 5) is 27.6. The van der Waals surface area contributed by atoms with Crippen LogP contribution in [0.25, 0.3) is 16.9 Å². The van der Waals surface area contributed by atoms with Crippen molar-refractivity contribution in [3.8, 4) is 5.82 Å². The van der Waals surface area contributed by atoms with Crippen molar-refractivity contribution in [3.05, 3.63) is 69.8 Å². The lowest BCUT2D eigenvalue weighted by Crippen LogP contribution is -2.28. The Labute approximate surface area is 204 Å². The van der Waals surface area contributed by atoms with Gasteiger partial charge in [-0.05, 0) is 62.1 Å². The molecule has 1 saturated carbocycles. The first kappa shape index (κ1) is 22.0. The summed E-state index contributed by atoms with van der Waals surface area (Å²) >= 11 is 0. The standard InChI is InChI=1S/C27H31N7O/c1-26(2,3)21-7-6-8-22(31-21)34-23-19(24(35)33(34)18-10-11-18)15-28-25(32-23)30-17-9-12-20-16(13-17)14-29-27(20,4)5/h6-9,12-13,15,18,29H,10-11,14H2,1-5H3,(H,28,30,32). The second-order valence-electron chi connectivity index (χ2n) is 11.2. The molecule has 0 atom stereocenters. The van der Waals surface area contributed by atoms with Crippen molar-refractivity contribution < 1.29 is 0 Å². The maximum Gasteiger partial charge on any atom is 0.278 e. The summed E-state index contributed by atoms with van der Waals surface area (Å²) in [5, 5.41) is 7.39. The summed E-state index contributed by atoms with van der Waals surface area (Å²) < 4.78 is 3.69. The molecule has 4 heterocycles. The normalized spacial score (nSPS) is 17.1. The highest BCUT2D eigenvalue weighted by Crippen LogP contribution is 2.36. The number of hydrogen-bond acceptors (Lipinski definition) is 6. The first-order valence-corrected chi connectivity index (χ1v) is 12.3. The van der Waals surface area contributed by atoms with Crippen LogP contribution < -0.4 is 16.2 Å². The third-order valence-corrected chi connectivity index (χ3v) is 6.99. The molecule has 0 bridgehead atoms. The summed E-state index contributed by atoms with van der Waals surface area (Å²) in [6.07, 6.45) is 3.59. The molecule has 180 valence electrons. The molecule has 1 aliphatic carbocycles. The number of rotatable bonds is 4. The Kier molecular flexibility index (Phi) is 4.70. The quantitative estimate of drug-likeness (QED) is 0.451. The van der Waals surface area contributed by atoms with Crippen molar-refractivity contribution in [1.82, 2.24) is 29.6 Å². The molecule has 8 heteroatoms. The van der Waals surface area contributed by atoms with E-state index in [1.54, 1.807) is 10.9 Å². The van der Waals surface area contributed by atoms with E-state index >= 15 is 0 Å². The fourth-order valence-corrected chi connectivity index (χ4v) is 4.86. The summed E-state index contributed by atoms with van der Waals surface area (Å²) in [6.45, 7) is 11.6. The van der Waals surface area contributed by atoms with Crippen LogP contribution in [0.1, 0.15) is 70.3 Å². The van der Waals surface area contributed by atoms with Crippen molar-refractivity contribution in [2.75, 3.05) is 5.32 Å². The van der Waals surface area contributed by atoms with E-state index in [1.165, 1.54) is 11.1 Å². The summed E-state index contributed by atoms with van der Waals surface area (Å²) in [5.74, 6) is 1.16. The zero-order chi connectivity index (χ0) is 24.5. The van der Waals surface area contributed by atoms with Crippen molar-refractivity contribution in [3.63, 3.8) is 0 Å². The van der Waals surface area contributed by atoms with Crippen molar-refractivity contribution >= 4 is 22.7 Å². The number of nitrogens with zero attached hydrogens (tertiary/aromatic N) is 5. The molecular formula is C27H31N7O. The number of nitrogens with one attached hydrogen (secondary N) is 2. The van der Waals surface area contributed by atoms with E-state index in [1.807, 2.05) is 22.9 Å². The van der Waals surface area contributed by atoms with Crippen LogP contribution in [0.5, 0.6) is 0 Å². The van der Waals surface area contributed by atoms with Gasteiger partial charge in [0.1, 0.15) is 5.39 Å². The number of pyridine rings is 1. The molecule has 1 fully saturated rings. The minimum absolute atomic E-state index is 0.0281. The van der Waals surface area contributed by atoms with Crippen LogP contribution in [-0.4, -0.2) is 24.3 Å². The monoisotopic (exact) mass is 469 g/mol. The maximum absolute atomic E-state index is 13.4. The molecule has 1 aliphatic heterocycles. The number of anilines is 2. The van der Waals surface area contributed by atoms with E-state index in [0.717, 1.165) is 30.8 Å². The van der Waals surface area contributed by atoms with Crippen LogP contribution in [0.15, 0.2) is 47.4 Å². The van der Waals surface area contributed by atoms with Crippen LogP contribution in [0.3, 0.4) is 0 Å². The lowest BCUT2D eigenvalue weighted by atomic mass is 9.92. The first-order valence-electron chi connectivity index (χ1n) is 12.3. The van der Waals surface area contributed by atoms with Gasteiger partial charge in [-0.15, -0.1) is 0 Å². The number of hydrogen-bond donors (Lipinski definition) is 2. The van der Waals surface area contributed by atoms with Crippen LogP contribution in [-0.2, 0) is 17.5 Å². The number of aromatic nitrogens is 5. The Morgan fingerprint density at radius 3 is 2.66 bits per heavy atom. The molecule has 6 rings (SSSR count). The molecule has 2 aliphatic rings. The van der Waals surface area contributed by atoms with Crippen LogP contribution in [0.4, 0.5) is 11.6 Å². The number of benzene rings is 1. The Bertz CT molecular complexity index is 1520. The van der Waals surface area contributed by atoms with Gasteiger partial charge < -0.3 is 10.6 Å². The minimum Gasteiger partial charge on any atom is -0.324 e. The van der Waals surface area contributed by atoms with Gasteiger partial charge in [0.25, 0.3) is 5.56 Å². The average molecular weight is 470 g/mol. The van der Waals surface area contributed by atoms with Crippen molar-refractivity contribution in [1.29, 1.82) is 0 Å². The van der Waals surface area contributed by atoms with Gasteiger partial charge in [-0.2, -0.15) is 4.98 Å². The first-order chi connectivity index (χ1) is 16.6. The van der Waals surface area contributed by atoms with Crippen LogP contribution in [0.2, 0.25) is 0 Å². The minimum atomic E-state index is -0.109. The third-order valence-electron chi connectivity index (χ3n) is 6.99. The number of fused-ring (bicyclic) bond motifs is 2. The third kappa shape index (κ3) is 3.72. The maximum atomic E-state index is 13.4. The van der Waals surface area contributed by atoms with Crippen LogP contribution in [0, 0.1) is 0 Å². The van der Waals surface area contributed by atoms with E-state index in [4.69, 9.17) is 9.97 Å². The molecule has 0 radical (unpaired) electrons. The van der Waals surface area contributed by atoms with Gasteiger partial charge in [0.2, 0.25) is 5.95 Å². The lowest BCUT2D eigenvalue weighted by molar-refractivity contribution is 0.442. The Hall–Kier alpha value is -3.52. The molecule has 0 spiro atoms. The van der Waals surface area contributed by atoms with Gasteiger partial charge >= 0.3 is 0 Å². The second kappa shape index (κ2) is 7.49. The smallest absolute Gasteiger partial charge is 0.278 e. The van der Waals surface area contributed by atoms with Crippen molar-refractivity contribution in [2.45, 2.75) is 71.0 Å². The largest absolute Gasteiger partial charge is 0.324 e. The molecule has 8 nitrogen and oxygen atoms in total. The molecule has 4 aromatic rings. The van der Waals surface area contributed by atoms with E-state index in [-0.39, 0.29) is 22.6 Å². The zero-order valence-electron chi connectivity index (χ0n) is 20.9.